The Bertz CT molecular complexity index is 943. The molecular formula is C18H16N2O4. The van der Waals surface area contributed by atoms with Gasteiger partial charge in [-0.3, -0.25) is 14.9 Å². The molecule has 0 bridgehead atoms. The third-order valence-electron chi connectivity index (χ3n) is 3.77. The number of para-hydroxylation sites is 1. The second-order valence-electron chi connectivity index (χ2n) is 5.41. The quantitative estimate of drug-likeness (QED) is 0.436. The number of H-pyrrole nitrogens is 1. The van der Waals surface area contributed by atoms with Crippen LogP contribution in [0.3, 0.4) is 0 Å². The zero-order valence-electron chi connectivity index (χ0n) is 13.3. The normalized spacial score (nSPS) is 10.8. The van der Waals surface area contributed by atoms with Gasteiger partial charge in [0.2, 0.25) is 5.78 Å². The Labute approximate surface area is 138 Å². The van der Waals surface area contributed by atoms with E-state index < -0.39 is 10.7 Å². The summed E-state index contributed by atoms with van der Waals surface area (Å²) in [6, 6.07) is 11.6. The molecule has 0 aliphatic heterocycles. The fraction of sp³-hybridized carbons (Fsp3) is 0.167. The Morgan fingerprint density at radius 3 is 2.71 bits per heavy atom. The molecular weight excluding hydrogens is 308 g/mol. The Kier molecular flexibility index (Phi) is 4.04. The summed E-state index contributed by atoms with van der Waals surface area (Å²) in [7, 11) is 0. The fourth-order valence-corrected chi connectivity index (χ4v) is 2.69. The number of carbonyl (C=O) groups is 1. The molecule has 1 N–H and O–H groups in total. The van der Waals surface area contributed by atoms with E-state index in [4.69, 9.17) is 4.74 Å². The number of aryl methyl sites for hydroxylation is 1. The van der Waals surface area contributed by atoms with Crippen LogP contribution in [-0.2, 0) is 0 Å². The molecule has 1 aromatic heterocycles. The molecule has 3 rings (SSSR count). The van der Waals surface area contributed by atoms with Crippen molar-refractivity contribution in [3.05, 3.63) is 69.4 Å². The van der Waals surface area contributed by atoms with Crippen LogP contribution < -0.4 is 4.74 Å². The van der Waals surface area contributed by atoms with Gasteiger partial charge in [-0.15, -0.1) is 0 Å². The molecule has 0 aliphatic carbocycles. The monoisotopic (exact) mass is 324 g/mol. The summed E-state index contributed by atoms with van der Waals surface area (Å²) in [6.45, 7) is 4.16. The van der Waals surface area contributed by atoms with Crippen LogP contribution in [0.1, 0.15) is 28.5 Å². The van der Waals surface area contributed by atoms with E-state index in [0.717, 1.165) is 16.5 Å². The predicted octanol–water partition coefficient (Wildman–Crippen LogP) is 4.01. The molecule has 6 nitrogen and oxygen atoms in total. The molecule has 0 amide bonds. The third kappa shape index (κ3) is 2.62. The molecule has 0 atom stereocenters. The second kappa shape index (κ2) is 6.16. The Morgan fingerprint density at radius 1 is 1.25 bits per heavy atom. The first-order valence-corrected chi connectivity index (χ1v) is 7.56. The number of carbonyl (C=O) groups excluding carboxylic acids is 1. The van der Waals surface area contributed by atoms with Gasteiger partial charge in [-0.05, 0) is 32.0 Å². The molecule has 1 heterocycles. The lowest BCUT2D eigenvalue weighted by molar-refractivity contribution is -0.385. The first-order chi connectivity index (χ1) is 11.5. The summed E-state index contributed by atoms with van der Waals surface area (Å²) in [4.78, 5) is 26.6. The lowest BCUT2D eigenvalue weighted by Crippen LogP contribution is -2.08. The van der Waals surface area contributed by atoms with E-state index in [1.807, 2.05) is 32.0 Å². The molecule has 2 aromatic carbocycles. The number of ketones is 1. The Hall–Kier alpha value is -3.15. The minimum Gasteiger partial charge on any atom is -0.491 e. The summed E-state index contributed by atoms with van der Waals surface area (Å²) < 4.78 is 5.67. The first kappa shape index (κ1) is 15.7. The molecule has 6 heteroatoms. The van der Waals surface area contributed by atoms with E-state index >= 15 is 0 Å². The van der Waals surface area contributed by atoms with Crippen molar-refractivity contribution in [2.24, 2.45) is 0 Å². The maximum atomic E-state index is 12.9. The van der Waals surface area contributed by atoms with Crippen molar-refractivity contribution in [3.8, 4) is 5.75 Å². The van der Waals surface area contributed by atoms with Gasteiger partial charge in [-0.25, -0.2) is 0 Å². The topological polar surface area (TPSA) is 85.2 Å². The number of benzene rings is 2. The molecule has 0 unspecified atom stereocenters. The fourth-order valence-electron chi connectivity index (χ4n) is 2.69. The number of nitro groups is 1. The van der Waals surface area contributed by atoms with Crippen molar-refractivity contribution in [1.29, 1.82) is 0 Å². The number of aromatic amines is 1. The number of ether oxygens (including phenoxy) is 1. The smallest absolute Gasteiger partial charge is 0.280 e. The van der Waals surface area contributed by atoms with E-state index in [0.29, 0.717) is 12.4 Å². The number of aromatic nitrogens is 1. The molecule has 0 aliphatic rings. The molecule has 0 saturated heterocycles. The van der Waals surface area contributed by atoms with Crippen molar-refractivity contribution < 1.29 is 14.5 Å². The van der Waals surface area contributed by atoms with E-state index in [1.54, 1.807) is 6.07 Å². The van der Waals surface area contributed by atoms with Crippen LogP contribution in [0.15, 0.2) is 42.5 Å². The highest BCUT2D eigenvalue weighted by molar-refractivity contribution is 6.15. The average Bonchev–Trinajstić information content (AvgIpc) is 2.92. The van der Waals surface area contributed by atoms with Crippen LogP contribution in [0.5, 0.6) is 5.75 Å². The Balaban J connectivity index is 2.20. The van der Waals surface area contributed by atoms with E-state index in [2.05, 4.69) is 4.98 Å². The number of nitrogens with one attached hydrogen (secondary N) is 1. The van der Waals surface area contributed by atoms with Gasteiger partial charge in [0.1, 0.15) is 11.3 Å². The highest BCUT2D eigenvalue weighted by atomic mass is 16.6. The van der Waals surface area contributed by atoms with Crippen LogP contribution >= 0.6 is 0 Å². The highest BCUT2D eigenvalue weighted by Gasteiger charge is 2.26. The van der Waals surface area contributed by atoms with Crippen LogP contribution in [0.25, 0.3) is 10.9 Å². The number of fused-ring (bicyclic) bond motifs is 1. The molecule has 0 radical (unpaired) electrons. The number of hydrogen-bond donors (Lipinski definition) is 1. The van der Waals surface area contributed by atoms with Gasteiger partial charge in [-0.1, -0.05) is 23.8 Å². The van der Waals surface area contributed by atoms with Crippen molar-refractivity contribution in [3.63, 3.8) is 0 Å². The molecule has 0 fully saturated rings. The molecule has 0 saturated carbocycles. The minimum absolute atomic E-state index is 0.0340. The van der Waals surface area contributed by atoms with Crippen LogP contribution in [0.2, 0.25) is 0 Å². The van der Waals surface area contributed by atoms with Gasteiger partial charge < -0.3 is 9.72 Å². The molecule has 122 valence electrons. The van der Waals surface area contributed by atoms with Gasteiger partial charge in [-0.2, -0.15) is 0 Å². The summed E-state index contributed by atoms with van der Waals surface area (Å²) in [5.74, 6) is -0.0287. The number of rotatable bonds is 5. The maximum absolute atomic E-state index is 12.9. The van der Waals surface area contributed by atoms with E-state index in [1.165, 1.54) is 18.2 Å². The van der Waals surface area contributed by atoms with Crippen molar-refractivity contribution in [2.45, 2.75) is 13.8 Å². The third-order valence-corrected chi connectivity index (χ3v) is 3.77. The number of nitro benzene ring substituents is 1. The second-order valence-corrected chi connectivity index (χ2v) is 5.41. The zero-order chi connectivity index (χ0) is 17.3. The van der Waals surface area contributed by atoms with Gasteiger partial charge in [0.15, 0.2) is 5.75 Å². The maximum Gasteiger partial charge on any atom is 0.280 e. The molecule has 24 heavy (non-hydrogen) atoms. The van der Waals surface area contributed by atoms with Crippen molar-refractivity contribution >= 4 is 22.4 Å². The average molecular weight is 324 g/mol. The summed E-state index contributed by atoms with van der Waals surface area (Å²) >= 11 is 0. The summed E-state index contributed by atoms with van der Waals surface area (Å²) in [6.07, 6.45) is 0. The minimum atomic E-state index is -0.555. The lowest BCUT2D eigenvalue weighted by atomic mass is 10.1. The first-order valence-electron chi connectivity index (χ1n) is 7.56. The van der Waals surface area contributed by atoms with Gasteiger partial charge in [0, 0.05) is 17.0 Å². The van der Waals surface area contributed by atoms with Crippen molar-refractivity contribution in [2.75, 3.05) is 6.61 Å². The van der Waals surface area contributed by atoms with Gasteiger partial charge in [0.25, 0.3) is 5.69 Å². The van der Waals surface area contributed by atoms with Gasteiger partial charge >= 0.3 is 0 Å². The van der Waals surface area contributed by atoms with Gasteiger partial charge in [0.05, 0.1) is 11.5 Å². The standard InChI is InChI=1S/C18H16N2O4/c1-3-24-18-13-10-11(2)8-9-14(13)19-16(18)17(21)12-6-4-5-7-15(12)20(22)23/h4-10,19H,3H2,1-2H3. The van der Waals surface area contributed by atoms with Crippen LogP contribution in [0.4, 0.5) is 5.69 Å². The highest BCUT2D eigenvalue weighted by Crippen LogP contribution is 2.33. The van der Waals surface area contributed by atoms with Crippen LogP contribution in [-0.4, -0.2) is 22.3 Å². The SMILES string of the molecule is CCOc1c(C(=O)c2ccccc2[N+](=O)[O-])[nH]c2ccc(C)cc12. The molecule has 3 aromatic rings. The number of hydrogen-bond acceptors (Lipinski definition) is 4. The largest absolute Gasteiger partial charge is 0.491 e. The summed E-state index contributed by atoms with van der Waals surface area (Å²) in [5.41, 5.74) is 1.83. The Morgan fingerprint density at radius 2 is 2.00 bits per heavy atom. The molecule has 0 spiro atoms. The van der Waals surface area contributed by atoms with E-state index in [9.17, 15) is 14.9 Å². The van der Waals surface area contributed by atoms with E-state index in [-0.39, 0.29) is 16.9 Å². The summed E-state index contributed by atoms with van der Waals surface area (Å²) in [5, 5.41) is 12.0. The zero-order valence-corrected chi connectivity index (χ0v) is 13.3. The predicted molar refractivity (Wildman–Crippen MR) is 90.7 cm³/mol. The number of nitrogens with zero attached hydrogens (tertiary/aromatic N) is 1. The lowest BCUT2D eigenvalue weighted by Gasteiger charge is -2.06. The van der Waals surface area contributed by atoms with Crippen molar-refractivity contribution in [1.82, 2.24) is 4.98 Å². The van der Waals surface area contributed by atoms with Crippen LogP contribution in [0, 0.1) is 17.0 Å².